The van der Waals surface area contributed by atoms with Crippen LogP contribution in [0, 0.1) is 20.8 Å². The summed E-state index contributed by atoms with van der Waals surface area (Å²) < 4.78 is 21.7. The zero-order valence-electron chi connectivity index (χ0n) is 18.5. The third-order valence-corrected chi connectivity index (χ3v) is 5.20. The van der Waals surface area contributed by atoms with E-state index in [-0.39, 0.29) is 18.1 Å². The van der Waals surface area contributed by atoms with Crippen molar-refractivity contribution in [1.82, 2.24) is 5.32 Å². The van der Waals surface area contributed by atoms with Crippen molar-refractivity contribution in [3.63, 3.8) is 0 Å². The highest BCUT2D eigenvalue weighted by molar-refractivity contribution is 5.88. The van der Waals surface area contributed by atoms with Gasteiger partial charge in [0.25, 0.3) is 5.91 Å². The largest absolute Gasteiger partial charge is 0.493 e. The predicted molar refractivity (Wildman–Crippen MR) is 118 cm³/mol. The average molecular weight is 425 g/mol. The maximum Gasteiger partial charge on any atom is 0.339 e. The third-order valence-electron chi connectivity index (χ3n) is 5.20. The van der Waals surface area contributed by atoms with Crippen molar-refractivity contribution in [3.8, 4) is 17.2 Å². The fraction of sp³-hybridized carbons (Fsp3) is 0.333. The first-order valence-corrected chi connectivity index (χ1v) is 9.99. The fourth-order valence-electron chi connectivity index (χ4n) is 3.38. The summed E-state index contributed by atoms with van der Waals surface area (Å²) >= 11 is 0. The summed E-state index contributed by atoms with van der Waals surface area (Å²) in [6, 6.07) is 9.29. The number of methoxy groups -OCH3 is 2. The molecule has 0 aliphatic heterocycles. The molecule has 0 atom stereocenters. The Morgan fingerprint density at radius 1 is 0.968 bits per heavy atom. The topological polar surface area (TPSA) is 87.0 Å². The molecule has 31 heavy (non-hydrogen) atoms. The van der Waals surface area contributed by atoms with E-state index in [0.29, 0.717) is 46.7 Å². The minimum Gasteiger partial charge on any atom is -0.493 e. The van der Waals surface area contributed by atoms with E-state index in [1.807, 2.05) is 38.1 Å². The van der Waals surface area contributed by atoms with Gasteiger partial charge in [0.1, 0.15) is 11.3 Å². The van der Waals surface area contributed by atoms with E-state index in [1.54, 1.807) is 27.2 Å². The SMILES string of the molecule is COc1ccc(CCNC(=O)COc2cc(C)cc3oc(=O)c(C)c(C)c23)cc1OC. The lowest BCUT2D eigenvalue weighted by Gasteiger charge is -2.13. The molecule has 0 spiro atoms. The van der Waals surface area contributed by atoms with Crippen molar-refractivity contribution in [2.75, 3.05) is 27.4 Å². The summed E-state index contributed by atoms with van der Waals surface area (Å²) in [6.07, 6.45) is 0.642. The zero-order chi connectivity index (χ0) is 22.5. The van der Waals surface area contributed by atoms with Crippen molar-refractivity contribution in [2.45, 2.75) is 27.2 Å². The number of aryl methyl sites for hydroxylation is 2. The van der Waals surface area contributed by atoms with Crippen LogP contribution in [0.2, 0.25) is 0 Å². The van der Waals surface area contributed by atoms with Crippen molar-refractivity contribution in [1.29, 1.82) is 0 Å². The lowest BCUT2D eigenvalue weighted by atomic mass is 10.0. The van der Waals surface area contributed by atoms with Gasteiger partial charge in [-0.05, 0) is 68.1 Å². The highest BCUT2D eigenvalue weighted by Crippen LogP contribution is 2.31. The lowest BCUT2D eigenvalue weighted by molar-refractivity contribution is -0.123. The number of nitrogens with one attached hydrogen (secondary N) is 1. The van der Waals surface area contributed by atoms with Gasteiger partial charge >= 0.3 is 5.63 Å². The molecule has 3 aromatic rings. The van der Waals surface area contributed by atoms with Crippen LogP contribution in [0.3, 0.4) is 0 Å². The Labute approximate surface area is 180 Å². The molecule has 1 N–H and O–H groups in total. The van der Waals surface area contributed by atoms with E-state index < -0.39 is 0 Å². The number of rotatable bonds is 8. The Bertz CT molecular complexity index is 1160. The molecule has 0 aliphatic carbocycles. The first-order chi connectivity index (χ1) is 14.8. The Hall–Kier alpha value is -3.48. The molecular weight excluding hydrogens is 398 g/mol. The fourth-order valence-corrected chi connectivity index (χ4v) is 3.38. The molecule has 0 radical (unpaired) electrons. The molecule has 7 nitrogen and oxygen atoms in total. The van der Waals surface area contributed by atoms with Gasteiger partial charge in [-0.3, -0.25) is 4.79 Å². The van der Waals surface area contributed by atoms with Crippen LogP contribution in [0.1, 0.15) is 22.3 Å². The van der Waals surface area contributed by atoms with Crippen molar-refractivity contribution >= 4 is 16.9 Å². The first kappa shape index (κ1) is 22.2. The van der Waals surface area contributed by atoms with E-state index in [4.69, 9.17) is 18.6 Å². The van der Waals surface area contributed by atoms with Gasteiger partial charge in [0, 0.05) is 12.1 Å². The second-order valence-corrected chi connectivity index (χ2v) is 7.35. The van der Waals surface area contributed by atoms with E-state index >= 15 is 0 Å². The molecule has 1 heterocycles. The number of benzene rings is 2. The lowest BCUT2D eigenvalue weighted by Crippen LogP contribution is -2.30. The van der Waals surface area contributed by atoms with Crippen LogP contribution < -0.4 is 25.2 Å². The molecule has 1 amide bonds. The summed E-state index contributed by atoms with van der Waals surface area (Å²) in [5, 5.41) is 3.56. The molecule has 164 valence electrons. The standard InChI is InChI=1S/C24H27NO6/c1-14-10-20(23-15(2)16(3)24(27)31-21(23)11-14)30-13-22(26)25-9-8-17-6-7-18(28-4)19(12-17)29-5/h6-7,10-12H,8-9,13H2,1-5H3,(H,25,26). The summed E-state index contributed by atoms with van der Waals surface area (Å²) in [4.78, 5) is 24.3. The molecule has 7 heteroatoms. The Morgan fingerprint density at radius 3 is 2.42 bits per heavy atom. The number of carbonyl (C=O) groups is 1. The predicted octanol–water partition coefficient (Wildman–Crippen LogP) is 3.47. The molecule has 0 unspecified atom stereocenters. The first-order valence-electron chi connectivity index (χ1n) is 9.99. The minimum atomic E-state index is -0.366. The molecule has 2 aromatic carbocycles. The molecular formula is C24H27NO6. The number of hydrogen-bond acceptors (Lipinski definition) is 6. The number of hydrogen-bond donors (Lipinski definition) is 1. The van der Waals surface area contributed by atoms with Gasteiger partial charge in [-0.15, -0.1) is 0 Å². The summed E-state index contributed by atoms with van der Waals surface area (Å²) in [6.45, 7) is 5.76. The van der Waals surface area contributed by atoms with Crippen molar-refractivity contribution in [3.05, 3.63) is 63.0 Å². The van der Waals surface area contributed by atoms with E-state index in [1.165, 1.54) is 0 Å². The van der Waals surface area contributed by atoms with Crippen LogP contribution in [-0.2, 0) is 11.2 Å². The molecule has 0 bridgehead atoms. The Kier molecular flexibility index (Phi) is 6.84. The Morgan fingerprint density at radius 2 is 1.71 bits per heavy atom. The van der Waals surface area contributed by atoms with Gasteiger partial charge in [0.05, 0.1) is 19.6 Å². The summed E-state index contributed by atoms with van der Waals surface area (Å²) in [5.74, 6) is 1.60. The monoisotopic (exact) mass is 425 g/mol. The van der Waals surface area contributed by atoms with Crippen LogP contribution in [0.15, 0.2) is 39.5 Å². The molecule has 3 rings (SSSR count). The summed E-state index contributed by atoms with van der Waals surface area (Å²) in [7, 11) is 3.18. The van der Waals surface area contributed by atoms with Crippen LogP contribution >= 0.6 is 0 Å². The van der Waals surface area contributed by atoms with Gasteiger partial charge in [-0.2, -0.15) is 0 Å². The van der Waals surface area contributed by atoms with E-state index in [0.717, 1.165) is 16.7 Å². The summed E-state index contributed by atoms with van der Waals surface area (Å²) in [5.41, 5.74) is 3.30. The number of fused-ring (bicyclic) bond motifs is 1. The van der Waals surface area contributed by atoms with Gasteiger partial charge < -0.3 is 23.9 Å². The zero-order valence-corrected chi connectivity index (χ0v) is 18.5. The van der Waals surface area contributed by atoms with Gasteiger partial charge in [-0.1, -0.05) is 6.07 Å². The smallest absolute Gasteiger partial charge is 0.339 e. The maximum atomic E-state index is 12.3. The highest BCUT2D eigenvalue weighted by Gasteiger charge is 2.14. The number of ether oxygens (including phenoxy) is 3. The van der Waals surface area contributed by atoms with Gasteiger partial charge in [-0.25, -0.2) is 4.79 Å². The molecule has 0 aliphatic rings. The normalized spacial score (nSPS) is 10.7. The quantitative estimate of drug-likeness (QED) is 0.556. The third kappa shape index (κ3) is 4.99. The van der Waals surface area contributed by atoms with Crippen molar-refractivity contribution in [2.24, 2.45) is 0 Å². The maximum absolute atomic E-state index is 12.3. The highest BCUT2D eigenvalue weighted by atomic mass is 16.5. The molecule has 1 aromatic heterocycles. The van der Waals surface area contributed by atoms with Gasteiger partial charge in [0.2, 0.25) is 0 Å². The molecule has 0 saturated carbocycles. The van der Waals surface area contributed by atoms with Gasteiger partial charge in [0.15, 0.2) is 18.1 Å². The molecule has 0 fully saturated rings. The van der Waals surface area contributed by atoms with Crippen LogP contribution in [0.5, 0.6) is 17.2 Å². The van der Waals surface area contributed by atoms with E-state index in [9.17, 15) is 9.59 Å². The van der Waals surface area contributed by atoms with Crippen LogP contribution in [-0.4, -0.2) is 33.3 Å². The van der Waals surface area contributed by atoms with Crippen LogP contribution in [0.25, 0.3) is 11.0 Å². The van der Waals surface area contributed by atoms with E-state index in [2.05, 4.69) is 5.32 Å². The molecule has 0 saturated heterocycles. The number of amides is 1. The van der Waals surface area contributed by atoms with Crippen LogP contribution in [0.4, 0.5) is 0 Å². The Balaban J connectivity index is 1.63. The second kappa shape index (κ2) is 9.55. The van der Waals surface area contributed by atoms with Crippen molar-refractivity contribution < 1.29 is 23.4 Å². The second-order valence-electron chi connectivity index (χ2n) is 7.35. The minimum absolute atomic E-state index is 0.137. The number of carbonyl (C=O) groups excluding carboxylic acids is 1. The average Bonchev–Trinajstić information content (AvgIpc) is 2.75.